The van der Waals surface area contributed by atoms with Crippen LogP contribution in [-0.2, 0) is 19.8 Å². The molecule has 1 aliphatic heterocycles. The molecule has 170 valence electrons. The molecular formula is C26H32N2O4. The van der Waals surface area contributed by atoms with E-state index in [0.29, 0.717) is 31.7 Å². The maximum absolute atomic E-state index is 13.6. The molecule has 2 heterocycles. The summed E-state index contributed by atoms with van der Waals surface area (Å²) < 4.78 is 0. The molecule has 1 saturated heterocycles. The van der Waals surface area contributed by atoms with Crippen LogP contribution in [0.5, 0.6) is 0 Å². The van der Waals surface area contributed by atoms with Gasteiger partial charge in [-0.1, -0.05) is 32.4 Å². The summed E-state index contributed by atoms with van der Waals surface area (Å²) in [6.45, 7) is 4.64. The van der Waals surface area contributed by atoms with Crippen molar-refractivity contribution in [2.24, 2.45) is 11.8 Å². The van der Waals surface area contributed by atoms with E-state index in [1.807, 2.05) is 11.1 Å². The van der Waals surface area contributed by atoms with Gasteiger partial charge < -0.3 is 15.0 Å². The second-order valence-electron chi connectivity index (χ2n) is 10.6. The van der Waals surface area contributed by atoms with Crippen molar-refractivity contribution < 1.29 is 19.5 Å². The lowest BCUT2D eigenvalue weighted by Gasteiger charge is -2.46. The van der Waals surface area contributed by atoms with Crippen LogP contribution < -0.4 is 0 Å². The number of carbonyl (C=O) groups is 3. The second kappa shape index (κ2) is 7.75. The maximum Gasteiger partial charge on any atom is 0.307 e. The number of aromatic nitrogens is 1. The molecule has 5 rings (SSSR count). The minimum atomic E-state index is -0.908. The van der Waals surface area contributed by atoms with E-state index in [4.69, 9.17) is 0 Å². The number of benzene rings is 1. The zero-order valence-electron chi connectivity index (χ0n) is 18.9. The quantitative estimate of drug-likeness (QED) is 0.728. The predicted molar refractivity (Wildman–Crippen MR) is 122 cm³/mol. The molecule has 32 heavy (non-hydrogen) atoms. The molecule has 3 fully saturated rings. The second-order valence-corrected chi connectivity index (χ2v) is 10.6. The molecule has 0 bridgehead atoms. The Labute approximate surface area is 188 Å². The van der Waals surface area contributed by atoms with Gasteiger partial charge in [0.1, 0.15) is 5.78 Å². The van der Waals surface area contributed by atoms with E-state index in [-0.39, 0.29) is 29.6 Å². The third-order valence-electron chi connectivity index (χ3n) is 7.95. The van der Waals surface area contributed by atoms with Crippen molar-refractivity contribution in [3.8, 4) is 0 Å². The lowest BCUT2D eigenvalue weighted by Crippen LogP contribution is -2.57. The average molecular weight is 437 g/mol. The minimum absolute atomic E-state index is 0.0103. The third-order valence-corrected chi connectivity index (χ3v) is 7.95. The number of fused-ring (bicyclic) bond motifs is 2. The van der Waals surface area contributed by atoms with Crippen molar-refractivity contribution in [2.45, 2.75) is 76.2 Å². The number of rotatable bonds is 5. The standard InChI is InChI=1S/C26H32N2O4/c1-26(2,18-14-27-19-7-3-5-16(23(18)19)15-9-10-15)13-22(30)28-12-11-21(29)24-17(25(31)32)6-4-8-20(24)28/h3,5,7,14-15,17,20,24,27H,4,6,8-13H2,1-2H3,(H,31,32). The Morgan fingerprint density at radius 2 is 1.97 bits per heavy atom. The number of ketones is 1. The molecular weight excluding hydrogens is 404 g/mol. The number of carboxylic acids is 1. The van der Waals surface area contributed by atoms with E-state index in [2.05, 4.69) is 37.0 Å². The molecule has 1 aromatic heterocycles. The highest BCUT2D eigenvalue weighted by molar-refractivity contribution is 5.92. The van der Waals surface area contributed by atoms with Crippen LogP contribution in [0, 0.1) is 11.8 Å². The summed E-state index contributed by atoms with van der Waals surface area (Å²) in [6, 6.07) is 6.13. The average Bonchev–Trinajstić information content (AvgIpc) is 3.50. The van der Waals surface area contributed by atoms with Crippen LogP contribution in [0.15, 0.2) is 24.4 Å². The molecule has 2 aliphatic carbocycles. The fraction of sp³-hybridized carbons (Fsp3) is 0.577. The smallest absolute Gasteiger partial charge is 0.307 e. The molecule has 2 aromatic rings. The summed E-state index contributed by atoms with van der Waals surface area (Å²) in [5.74, 6) is -1.48. The Balaban J connectivity index is 1.41. The van der Waals surface area contributed by atoms with E-state index in [9.17, 15) is 19.5 Å². The minimum Gasteiger partial charge on any atom is -0.481 e. The van der Waals surface area contributed by atoms with Crippen LogP contribution in [0.2, 0.25) is 0 Å². The van der Waals surface area contributed by atoms with Gasteiger partial charge in [0.05, 0.1) is 11.8 Å². The summed E-state index contributed by atoms with van der Waals surface area (Å²) in [6.07, 6.45) is 7.07. The van der Waals surface area contributed by atoms with Crippen LogP contribution in [-0.4, -0.2) is 45.2 Å². The van der Waals surface area contributed by atoms with Gasteiger partial charge in [0.2, 0.25) is 5.91 Å². The van der Waals surface area contributed by atoms with Gasteiger partial charge in [0.15, 0.2) is 0 Å². The highest BCUT2D eigenvalue weighted by atomic mass is 16.4. The number of hydrogen-bond acceptors (Lipinski definition) is 3. The van der Waals surface area contributed by atoms with Crippen molar-refractivity contribution in [2.75, 3.05) is 6.54 Å². The van der Waals surface area contributed by atoms with Crippen molar-refractivity contribution in [1.82, 2.24) is 9.88 Å². The summed E-state index contributed by atoms with van der Waals surface area (Å²) in [4.78, 5) is 43.2. The summed E-state index contributed by atoms with van der Waals surface area (Å²) >= 11 is 0. The normalized spacial score (nSPS) is 26.2. The molecule has 3 unspecified atom stereocenters. The van der Waals surface area contributed by atoms with E-state index in [1.54, 1.807) is 0 Å². The molecule has 2 N–H and O–H groups in total. The first-order valence-corrected chi connectivity index (χ1v) is 11.9. The largest absolute Gasteiger partial charge is 0.481 e. The van der Waals surface area contributed by atoms with Gasteiger partial charge in [-0.3, -0.25) is 14.4 Å². The van der Waals surface area contributed by atoms with Gasteiger partial charge in [-0.15, -0.1) is 0 Å². The van der Waals surface area contributed by atoms with Crippen LogP contribution in [0.3, 0.4) is 0 Å². The summed E-state index contributed by atoms with van der Waals surface area (Å²) in [5.41, 5.74) is 3.28. The number of nitrogens with one attached hydrogen (secondary N) is 1. The molecule has 2 saturated carbocycles. The van der Waals surface area contributed by atoms with Gasteiger partial charge >= 0.3 is 5.97 Å². The Bertz CT molecular complexity index is 1080. The fourth-order valence-electron chi connectivity index (χ4n) is 6.17. The number of H-pyrrole nitrogens is 1. The fourth-order valence-corrected chi connectivity index (χ4v) is 6.17. The Hall–Kier alpha value is -2.63. The van der Waals surface area contributed by atoms with Crippen molar-refractivity contribution >= 4 is 28.6 Å². The highest BCUT2D eigenvalue weighted by Crippen LogP contribution is 2.46. The number of Topliss-reactive ketones (excluding diaryl/α,β-unsaturated/α-hetero) is 1. The lowest BCUT2D eigenvalue weighted by atomic mass is 9.70. The molecule has 3 atom stereocenters. The van der Waals surface area contributed by atoms with Gasteiger partial charge in [-0.2, -0.15) is 0 Å². The van der Waals surface area contributed by atoms with E-state index >= 15 is 0 Å². The number of amides is 1. The van der Waals surface area contributed by atoms with Gasteiger partial charge in [-0.25, -0.2) is 0 Å². The molecule has 1 amide bonds. The van der Waals surface area contributed by atoms with Crippen molar-refractivity contribution in [3.05, 3.63) is 35.5 Å². The van der Waals surface area contributed by atoms with Crippen LogP contribution in [0.25, 0.3) is 10.9 Å². The Morgan fingerprint density at radius 3 is 2.69 bits per heavy atom. The Morgan fingerprint density at radius 1 is 1.19 bits per heavy atom. The van der Waals surface area contributed by atoms with Crippen LogP contribution >= 0.6 is 0 Å². The molecule has 0 radical (unpaired) electrons. The maximum atomic E-state index is 13.6. The van der Waals surface area contributed by atoms with Crippen molar-refractivity contribution in [1.29, 1.82) is 0 Å². The number of aromatic amines is 1. The van der Waals surface area contributed by atoms with Crippen LogP contribution in [0.1, 0.15) is 75.8 Å². The number of carbonyl (C=O) groups excluding carboxylic acids is 2. The highest BCUT2D eigenvalue weighted by Gasteiger charge is 2.48. The number of likely N-dealkylation sites (tertiary alicyclic amines) is 1. The summed E-state index contributed by atoms with van der Waals surface area (Å²) in [5, 5.41) is 10.9. The number of aliphatic carboxylic acids is 1. The van der Waals surface area contributed by atoms with E-state index < -0.39 is 17.8 Å². The zero-order chi connectivity index (χ0) is 22.6. The van der Waals surface area contributed by atoms with E-state index in [1.165, 1.54) is 29.4 Å². The van der Waals surface area contributed by atoms with Gasteiger partial charge in [0.25, 0.3) is 0 Å². The molecule has 0 spiro atoms. The van der Waals surface area contributed by atoms with E-state index in [0.717, 1.165) is 11.9 Å². The number of nitrogens with zero attached hydrogens (tertiary/aromatic N) is 1. The number of hydrogen-bond donors (Lipinski definition) is 2. The first-order valence-electron chi connectivity index (χ1n) is 11.9. The first kappa shape index (κ1) is 21.2. The lowest BCUT2D eigenvalue weighted by molar-refractivity contribution is -0.157. The zero-order valence-corrected chi connectivity index (χ0v) is 18.9. The molecule has 6 nitrogen and oxygen atoms in total. The monoisotopic (exact) mass is 436 g/mol. The Kier molecular flexibility index (Phi) is 5.14. The third kappa shape index (κ3) is 3.54. The molecule has 1 aromatic carbocycles. The van der Waals surface area contributed by atoms with Crippen LogP contribution in [0.4, 0.5) is 0 Å². The first-order chi connectivity index (χ1) is 15.3. The number of piperidine rings is 1. The molecule has 6 heteroatoms. The molecule has 3 aliphatic rings. The summed E-state index contributed by atoms with van der Waals surface area (Å²) in [7, 11) is 0. The topological polar surface area (TPSA) is 90.5 Å². The van der Waals surface area contributed by atoms with Gasteiger partial charge in [0, 0.05) is 47.9 Å². The SMILES string of the molecule is CC(C)(CC(=O)N1CCC(=O)C2C(C(=O)O)CCCC21)c1c[nH]c2cccc(C3CC3)c12. The van der Waals surface area contributed by atoms with Gasteiger partial charge in [-0.05, 0) is 48.8 Å². The number of carboxylic acid groups (broad SMARTS) is 1. The van der Waals surface area contributed by atoms with Crippen molar-refractivity contribution in [3.63, 3.8) is 0 Å². The predicted octanol–water partition coefficient (Wildman–Crippen LogP) is 4.38.